The Morgan fingerprint density at radius 1 is 1.11 bits per heavy atom. The average Bonchev–Trinajstić information content (AvgIpc) is 2.80. The SMILES string of the molecule is Nc1cc(F)c(Oc2snc3ccccc23)cc1F. The molecule has 0 fully saturated rings. The molecule has 0 bridgehead atoms. The van der Waals surface area contributed by atoms with Gasteiger partial charge in [-0.05, 0) is 12.1 Å². The zero-order valence-electron chi connectivity index (χ0n) is 9.56. The predicted octanol–water partition coefficient (Wildman–Crippen LogP) is 3.95. The van der Waals surface area contributed by atoms with Crippen molar-refractivity contribution in [2.45, 2.75) is 0 Å². The summed E-state index contributed by atoms with van der Waals surface area (Å²) >= 11 is 1.08. The zero-order chi connectivity index (χ0) is 13.4. The molecular weight excluding hydrogens is 270 g/mol. The van der Waals surface area contributed by atoms with Gasteiger partial charge < -0.3 is 10.5 Å². The van der Waals surface area contributed by atoms with Gasteiger partial charge in [0.25, 0.3) is 0 Å². The minimum atomic E-state index is -0.717. The first-order chi connectivity index (χ1) is 9.15. The van der Waals surface area contributed by atoms with Crippen LogP contribution < -0.4 is 10.5 Å². The van der Waals surface area contributed by atoms with E-state index in [-0.39, 0.29) is 11.4 Å². The van der Waals surface area contributed by atoms with Crippen LogP contribution in [0.1, 0.15) is 0 Å². The highest BCUT2D eigenvalue weighted by atomic mass is 32.1. The standard InChI is InChI=1S/C13H8F2N2OS/c14-8-6-12(9(15)5-10(8)16)18-13-7-3-1-2-4-11(7)17-19-13/h1-6H,16H2. The van der Waals surface area contributed by atoms with E-state index in [0.717, 1.165) is 34.6 Å². The Hall–Kier alpha value is -2.21. The fourth-order valence-electron chi connectivity index (χ4n) is 1.66. The van der Waals surface area contributed by atoms with Gasteiger partial charge in [0.15, 0.2) is 11.6 Å². The summed E-state index contributed by atoms with van der Waals surface area (Å²) in [5, 5.41) is 1.17. The van der Waals surface area contributed by atoms with E-state index in [9.17, 15) is 8.78 Å². The van der Waals surface area contributed by atoms with Crippen LogP contribution in [-0.4, -0.2) is 4.37 Å². The summed E-state index contributed by atoms with van der Waals surface area (Å²) in [6.07, 6.45) is 0. The van der Waals surface area contributed by atoms with Crippen molar-refractivity contribution in [1.82, 2.24) is 4.37 Å². The van der Waals surface area contributed by atoms with Crippen LogP contribution in [0.3, 0.4) is 0 Å². The van der Waals surface area contributed by atoms with E-state index < -0.39 is 11.6 Å². The third kappa shape index (κ3) is 2.10. The summed E-state index contributed by atoms with van der Waals surface area (Å²) in [5.41, 5.74) is 5.77. The van der Waals surface area contributed by atoms with Gasteiger partial charge in [-0.15, -0.1) is 0 Å². The number of rotatable bonds is 2. The van der Waals surface area contributed by atoms with E-state index in [1.807, 2.05) is 18.2 Å². The quantitative estimate of drug-likeness (QED) is 0.722. The Kier molecular flexibility index (Phi) is 2.79. The van der Waals surface area contributed by atoms with E-state index in [1.165, 1.54) is 0 Å². The van der Waals surface area contributed by atoms with Gasteiger partial charge in [-0.2, -0.15) is 4.37 Å². The third-order valence-corrected chi connectivity index (χ3v) is 3.36. The first kappa shape index (κ1) is 11.9. The van der Waals surface area contributed by atoms with E-state index in [0.29, 0.717) is 5.06 Å². The number of nitrogens with zero attached hydrogens (tertiary/aromatic N) is 1. The molecule has 0 unspecified atom stereocenters. The van der Waals surface area contributed by atoms with Crippen molar-refractivity contribution >= 4 is 28.1 Å². The molecule has 3 rings (SSSR count). The van der Waals surface area contributed by atoms with Crippen molar-refractivity contribution in [1.29, 1.82) is 0 Å². The number of nitrogen functional groups attached to an aromatic ring is 1. The molecule has 0 amide bonds. The fraction of sp³-hybridized carbons (Fsp3) is 0. The molecule has 0 saturated carbocycles. The summed E-state index contributed by atoms with van der Waals surface area (Å²) in [6, 6.07) is 9.12. The van der Waals surface area contributed by atoms with Gasteiger partial charge in [0.2, 0.25) is 5.06 Å². The predicted molar refractivity (Wildman–Crippen MR) is 70.5 cm³/mol. The van der Waals surface area contributed by atoms with Gasteiger partial charge in [0, 0.05) is 23.7 Å². The van der Waals surface area contributed by atoms with Crippen molar-refractivity contribution in [2.24, 2.45) is 0 Å². The summed E-state index contributed by atoms with van der Waals surface area (Å²) < 4.78 is 36.5. The average molecular weight is 278 g/mol. The molecule has 19 heavy (non-hydrogen) atoms. The molecule has 1 aromatic heterocycles. The molecule has 3 nitrogen and oxygen atoms in total. The maximum atomic E-state index is 13.6. The Bertz CT molecular complexity index is 757. The zero-order valence-corrected chi connectivity index (χ0v) is 10.4. The largest absolute Gasteiger partial charge is 0.441 e. The first-order valence-electron chi connectivity index (χ1n) is 5.42. The second-order valence-corrected chi connectivity index (χ2v) is 4.63. The smallest absolute Gasteiger partial charge is 0.208 e. The molecule has 0 saturated heterocycles. The molecule has 3 aromatic rings. The van der Waals surface area contributed by atoms with Crippen LogP contribution in [0.2, 0.25) is 0 Å². The Balaban J connectivity index is 2.04. The summed E-state index contributed by atoms with van der Waals surface area (Å²) in [7, 11) is 0. The molecule has 0 atom stereocenters. The molecule has 0 aliphatic rings. The van der Waals surface area contributed by atoms with Gasteiger partial charge in [-0.25, -0.2) is 8.78 Å². The van der Waals surface area contributed by atoms with Gasteiger partial charge in [0.1, 0.15) is 5.82 Å². The van der Waals surface area contributed by atoms with Crippen LogP contribution in [0.15, 0.2) is 36.4 Å². The number of halogens is 2. The lowest BCUT2D eigenvalue weighted by atomic mass is 10.2. The molecule has 0 radical (unpaired) electrons. The summed E-state index contributed by atoms with van der Waals surface area (Å²) in [6.45, 7) is 0. The van der Waals surface area contributed by atoms with Crippen molar-refractivity contribution in [2.75, 3.05) is 5.73 Å². The van der Waals surface area contributed by atoms with Gasteiger partial charge in [0.05, 0.1) is 16.6 Å². The van der Waals surface area contributed by atoms with Crippen LogP contribution in [0, 0.1) is 11.6 Å². The third-order valence-electron chi connectivity index (χ3n) is 2.60. The number of nitrogens with two attached hydrogens (primary N) is 1. The maximum Gasteiger partial charge on any atom is 0.208 e. The second kappa shape index (κ2) is 4.47. The number of ether oxygens (including phenoxy) is 1. The van der Waals surface area contributed by atoms with Crippen LogP contribution in [-0.2, 0) is 0 Å². The van der Waals surface area contributed by atoms with E-state index >= 15 is 0 Å². The number of hydrogen-bond donors (Lipinski definition) is 1. The number of aromatic nitrogens is 1. The lowest BCUT2D eigenvalue weighted by molar-refractivity contribution is 0.450. The first-order valence-corrected chi connectivity index (χ1v) is 6.19. The normalized spacial score (nSPS) is 10.8. The number of hydrogen-bond acceptors (Lipinski definition) is 4. The van der Waals surface area contributed by atoms with Crippen LogP contribution in [0.4, 0.5) is 14.5 Å². The molecule has 2 N–H and O–H groups in total. The summed E-state index contributed by atoms with van der Waals surface area (Å²) in [5.74, 6) is -1.64. The molecule has 6 heteroatoms. The molecule has 2 aromatic carbocycles. The Morgan fingerprint density at radius 3 is 2.74 bits per heavy atom. The van der Waals surface area contributed by atoms with Crippen LogP contribution in [0.25, 0.3) is 10.9 Å². The monoisotopic (exact) mass is 278 g/mol. The highest BCUT2D eigenvalue weighted by molar-refractivity contribution is 7.09. The molecule has 1 heterocycles. The van der Waals surface area contributed by atoms with Crippen LogP contribution >= 0.6 is 11.5 Å². The van der Waals surface area contributed by atoms with Gasteiger partial charge in [-0.1, -0.05) is 12.1 Å². The number of benzene rings is 2. The number of fused-ring (bicyclic) bond motifs is 1. The van der Waals surface area contributed by atoms with Gasteiger partial charge in [-0.3, -0.25) is 0 Å². The Morgan fingerprint density at radius 2 is 1.89 bits per heavy atom. The Labute approximate surface area is 111 Å². The minimum absolute atomic E-state index is 0.207. The van der Waals surface area contributed by atoms with Gasteiger partial charge >= 0.3 is 0 Å². The van der Waals surface area contributed by atoms with Crippen molar-refractivity contribution < 1.29 is 13.5 Å². The fourth-order valence-corrected chi connectivity index (χ4v) is 2.40. The topological polar surface area (TPSA) is 48.1 Å². The minimum Gasteiger partial charge on any atom is -0.441 e. The van der Waals surface area contributed by atoms with Crippen LogP contribution in [0.5, 0.6) is 10.8 Å². The summed E-state index contributed by atoms with van der Waals surface area (Å²) in [4.78, 5) is 0. The molecule has 0 aliphatic heterocycles. The maximum absolute atomic E-state index is 13.6. The van der Waals surface area contributed by atoms with E-state index in [4.69, 9.17) is 10.5 Å². The van der Waals surface area contributed by atoms with Crippen molar-refractivity contribution in [3.63, 3.8) is 0 Å². The van der Waals surface area contributed by atoms with Crippen molar-refractivity contribution in [3.05, 3.63) is 48.0 Å². The second-order valence-electron chi connectivity index (χ2n) is 3.89. The van der Waals surface area contributed by atoms with Crippen molar-refractivity contribution in [3.8, 4) is 10.8 Å². The molecule has 96 valence electrons. The van der Waals surface area contributed by atoms with E-state index in [1.54, 1.807) is 6.07 Å². The lowest BCUT2D eigenvalue weighted by Crippen LogP contribution is -1.95. The highest BCUT2D eigenvalue weighted by Gasteiger charge is 2.13. The lowest BCUT2D eigenvalue weighted by Gasteiger charge is -2.06. The number of anilines is 1. The molecular formula is C13H8F2N2OS. The molecule has 0 spiro atoms. The highest BCUT2D eigenvalue weighted by Crippen LogP contribution is 2.35. The molecule has 0 aliphatic carbocycles. The van der Waals surface area contributed by atoms with E-state index in [2.05, 4.69) is 4.37 Å².